The van der Waals surface area contributed by atoms with Crippen molar-refractivity contribution in [3.05, 3.63) is 46.3 Å². The van der Waals surface area contributed by atoms with Crippen LogP contribution < -0.4 is 5.73 Å². The summed E-state index contributed by atoms with van der Waals surface area (Å²) in [6.45, 7) is 1.72. The molecule has 5 heteroatoms. The smallest absolute Gasteiger partial charge is 0.148 e. The fraction of sp³-hybridized carbons (Fsp3) is 0.231. The quantitative estimate of drug-likeness (QED) is 0.912. The van der Waals surface area contributed by atoms with Crippen LogP contribution in [0.2, 0.25) is 0 Å². The van der Waals surface area contributed by atoms with Gasteiger partial charge in [-0.1, -0.05) is 28.1 Å². The monoisotopic (exact) mass is 307 g/mol. The highest BCUT2D eigenvalue weighted by Crippen LogP contribution is 2.22. The van der Waals surface area contributed by atoms with Crippen LogP contribution in [-0.4, -0.2) is 21.7 Å². The molecule has 0 radical (unpaired) electrons. The van der Waals surface area contributed by atoms with Crippen molar-refractivity contribution in [3.63, 3.8) is 0 Å². The maximum absolute atomic E-state index is 9.07. The highest BCUT2D eigenvalue weighted by Gasteiger charge is 2.11. The van der Waals surface area contributed by atoms with E-state index in [1.807, 2.05) is 37.3 Å². The summed E-state index contributed by atoms with van der Waals surface area (Å²) in [5.74, 6) is 0.465. The highest BCUT2D eigenvalue weighted by atomic mass is 79.9. The average Bonchev–Trinajstić information content (AvgIpc) is 2.37. The van der Waals surface area contributed by atoms with E-state index in [2.05, 4.69) is 25.9 Å². The van der Waals surface area contributed by atoms with Gasteiger partial charge in [-0.2, -0.15) is 0 Å². The lowest BCUT2D eigenvalue weighted by Crippen LogP contribution is -2.18. The molecule has 0 aliphatic rings. The summed E-state index contributed by atoms with van der Waals surface area (Å²) in [6, 6.07) is 9.21. The van der Waals surface area contributed by atoms with E-state index in [0.29, 0.717) is 5.82 Å². The van der Waals surface area contributed by atoms with Gasteiger partial charge in [0.25, 0.3) is 0 Å². The van der Waals surface area contributed by atoms with E-state index >= 15 is 0 Å². The van der Waals surface area contributed by atoms with Gasteiger partial charge in [0.05, 0.1) is 18.3 Å². The molecule has 0 saturated heterocycles. The molecule has 94 valence electrons. The van der Waals surface area contributed by atoms with Crippen molar-refractivity contribution in [2.45, 2.75) is 13.0 Å². The predicted octanol–water partition coefficient (Wildman–Crippen LogP) is 2.21. The molecule has 0 spiro atoms. The van der Waals surface area contributed by atoms with Crippen molar-refractivity contribution in [1.29, 1.82) is 0 Å². The summed E-state index contributed by atoms with van der Waals surface area (Å²) in [5, 5.41) is 9.07. The van der Waals surface area contributed by atoms with E-state index in [1.54, 1.807) is 0 Å². The molecule has 3 N–H and O–H groups in total. The number of hydrogen-bond donors (Lipinski definition) is 2. The first-order chi connectivity index (χ1) is 8.60. The Morgan fingerprint density at radius 2 is 2.11 bits per heavy atom. The minimum Gasteiger partial charge on any atom is -0.394 e. The molecule has 0 bridgehead atoms. The zero-order valence-corrected chi connectivity index (χ0v) is 11.6. The van der Waals surface area contributed by atoms with Crippen LogP contribution in [-0.2, 0) is 0 Å². The Morgan fingerprint density at radius 1 is 1.33 bits per heavy atom. The number of aryl methyl sites for hydroxylation is 1. The molecule has 1 heterocycles. The molecular formula is C13H14BrN3O. The summed E-state index contributed by atoms with van der Waals surface area (Å²) in [4.78, 5) is 8.64. The van der Waals surface area contributed by atoms with Crippen LogP contribution in [0.3, 0.4) is 0 Å². The van der Waals surface area contributed by atoms with E-state index in [9.17, 15) is 0 Å². The van der Waals surface area contributed by atoms with Crippen LogP contribution in [0, 0.1) is 6.92 Å². The fourth-order valence-electron chi connectivity index (χ4n) is 1.63. The lowest BCUT2D eigenvalue weighted by Gasteiger charge is -2.10. The SMILES string of the molecule is Cc1cc(-c2cccc(Br)c2)nc(C(N)CO)n1. The molecule has 1 aromatic heterocycles. The minimum absolute atomic E-state index is 0.165. The molecule has 0 amide bonds. The van der Waals surface area contributed by atoms with Gasteiger partial charge in [-0.15, -0.1) is 0 Å². The molecule has 4 nitrogen and oxygen atoms in total. The third-order valence-corrected chi connectivity index (χ3v) is 3.01. The maximum atomic E-state index is 9.07. The van der Waals surface area contributed by atoms with Gasteiger partial charge >= 0.3 is 0 Å². The van der Waals surface area contributed by atoms with Crippen LogP contribution in [0.5, 0.6) is 0 Å². The Labute approximate surface area is 114 Å². The van der Waals surface area contributed by atoms with Gasteiger partial charge in [0.2, 0.25) is 0 Å². The molecule has 0 aliphatic heterocycles. The maximum Gasteiger partial charge on any atom is 0.148 e. The van der Waals surface area contributed by atoms with Gasteiger partial charge in [-0.05, 0) is 25.1 Å². The topological polar surface area (TPSA) is 72.0 Å². The zero-order valence-electron chi connectivity index (χ0n) is 9.97. The van der Waals surface area contributed by atoms with Crippen molar-refractivity contribution in [1.82, 2.24) is 9.97 Å². The van der Waals surface area contributed by atoms with E-state index in [0.717, 1.165) is 21.4 Å². The van der Waals surface area contributed by atoms with Gasteiger partial charge in [-0.25, -0.2) is 9.97 Å². The first kappa shape index (κ1) is 13.1. The number of rotatable bonds is 3. The van der Waals surface area contributed by atoms with E-state index in [4.69, 9.17) is 10.8 Å². The Balaban J connectivity index is 2.48. The van der Waals surface area contributed by atoms with Crippen molar-refractivity contribution < 1.29 is 5.11 Å². The van der Waals surface area contributed by atoms with E-state index in [-0.39, 0.29) is 6.61 Å². The van der Waals surface area contributed by atoms with Gasteiger partial charge in [0.1, 0.15) is 5.82 Å². The second-order valence-corrected chi connectivity index (χ2v) is 4.97. The summed E-state index contributed by atoms with van der Waals surface area (Å²) < 4.78 is 0.990. The van der Waals surface area contributed by atoms with Gasteiger partial charge in [0.15, 0.2) is 0 Å². The number of halogens is 1. The zero-order chi connectivity index (χ0) is 13.1. The molecule has 18 heavy (non-hydrogen) atoms. The van der Waals surface area contributed by atoms with Crippen LogP contribution in [0.25, 0.3) is 11.3 Å². The number of nitrogens with two attached hydrogens (primary N) is 1. The average molecular weight is 308 g/mol. The van der Waals surface area contributed by atoms with Crippen molar-refractivity contribution in [2.24, 2.45) is 5.73 Å². The second-order valence-electron chi connectivity index (χ2n) is 4.05. The van der Waals surface area contributed by atoms with Crippen LogP contribution in [0.15, 0.2) is 34.8 Å². The molecule has 1 atom stereocenters. The number of aliphatic hydroxyl groups is 1. The Hall–Kier alpha value is -1.30. The van der Waals surface area contributed by atoms with Crippen LogP contribution in [0.4, 0.5) is 0 Å². The number of benzene rings is 1. The normalized spacial score (nSPS) is 12.4. The molecule has 1 aromatic carbocycles. The van der Waals surface area contributed by atoms with Gasteiger partial charge < -0.3 is 10.8 Å². The van der Waals surface area contributed by atoms with Crippen molar-refractivity contribution >= 4 is 15.9 Å². The fourth-order valence-corrected chi connectivity index (χ4v) is 2.03. The molecule has 2 aromatic rings. The largest absolute Gasteiger partial charge is 0.394 e. The molecule has 2 rings (SSSR count). The molecule has 0 saturated carbocycles. The Bertz CT molecular complexity index is 560. The number of hydrogen-bond acceptors (Lipinski definition) is 4. The number of aromatic nitrogens is 2. The summed E-state index contributed by atoms with van der Waals surface area (Å²) in [7, 11) is 0. The van der Waals surface area contributed by atoms with Crippen LogP contribution in [0.1, 0.15) is 17.6 Å². The Kier molecular flexibility index (Phi) is 4.06. The third-order valence-electron chi connectivity index (χ3n) is 2.52. The highest BCUT2D eigenvalue weighted by molar-refractivity contribution is 9.10. The van der Waals surface area contributed by atoms with Crippen molar-refractivity contribution in [3.8, 4) is 11.3 Å². The molecular weight excluding hydrogens is 294 g/mol. The Morgan fingerprint density at radius 3 is 2.78 bits per heavy atom. The standard InChI is InChI=1S/C13H14BrN3O/c1-8-5-12(9-3-2-4-10(14)6-9)17-13(16-8)11(15)7-18/h2-6,11,18H,7,15H2,1H3. The predicted molar refractivity (Wildman–Crippen MR) is 73.9 cm³/mol. The summed E-state index contributed by atoms with van der Waals surface area (Å²) >= 11 is 3.43. The van der Waals surface area contributed by atoms with Crippen LogP contribution >= 0.6 is 15.9 Å². The number of aliphatic hydroxyl groups excluding tert-OH is 1. The third kappa shape index (κ3) is 2.93. The van der Waals surface area contributed by atoms with Gasteiger partial charge in [0, 0.05) is 15.7 Å². The lowest BCUT2D eigenvalue weighted by atomic mass is 10.1. The molecule has 1 unspecified atom stereocenters. The van der Waals surface area contributed by atoms with E-state index in [1.165, 1.54) is 0 Å². The molecule has 0 aliphatic carbocycles. The second kappa shape index (κ2) is 5.56. The minimum atomic E-state index is -0.546. The first-order valence-electron chi connectivity index (χ1n) is 5.58. The number of nitrogens with zero attached hydrogens (tertiary/aromatic N) is 2. The lowest BCUT2D eigenvalue weighted by molar-refractivity contribution is 0.263. The van der Waals surface area contributed by atoms with Crippen molar-refractivity contribution in [2.75, 3.05) is 6.61 Å². The molecule has 0 fully saturated rings. The summed E-state index contributed by atoms with van der Waals surface area (Å²) in [6.07, 6.45) is 0. The van der Waals surface area contributed by atoms with E-state index < -0.39 is 6.04 Å². The van der Waals surface area contributed by atoms with Gasteiger partial charge in [-0.3, -0.25) is 0 Å². The summed E-state index contributed by atoms with van der Waals surface area (Å²) in [5.41, 5.74) is 8.38. The first-order valence-corrected chi connectivity index (χ1v) is 6.37.